The Morgan fingerprint density at radius 1 is 0.967 bits per heavy atom. The Bertz CT molecular complexity index is 1140. The van der Waals surface area contributed by atoms with Gasteiger partial charge in [0.15, 0.2) is 0 Å². The molecule has 5 heteroatoms. The number of ether oxygens (including phenoxy) is 1. The van der Waals surface area contributed by atoms with Crippen molar-refractivity contribution in [1.82, 2.24) is 5.32 Å². The molecule has 1 atom stereocenters. The van der Waals surface area contributed by atoms with Crippen molar-refractivity contribution >= 4 is 22.6 Å². The van der Waals surface area contributed by atoms with Crippen LogP contribution in [0.5, 0.6) is 5.75 Å². The van der Waals surface area contributed by atoms with Crippen LogP contribution in [0.25, 0.3) is 10.8 Å². The highest BCUT2D eigenvalue weighted by Gasteiger charge is 2.25. The second-order valence-electron chi connectivity index (χ2n) is 7.22. The van der Waals surface area contributed by atoms with Crippen LogP contribution < -0.4 is 10.1 Å². The van der Waals surface area contributed by atoms with E-state index in [0.717, 1.165) is 22.1 Å². The van der Waals surface area contributed by atoms with E-state index in [9.17, 15) is 14.7 Å². The number of rotatable bonds is 5. The maximum atomic E-state index is 13.0. The number of nitrogens with one attached hydrogen (secondary N) is 1. The quantitative estimate of drug-likeness (QED) is 0.632. The van der Waals surface area contributed by atoms with Crippen molar-refractivity contribution in [2.45, 2.75) is 19.9 Å². The molecular weight excluding hydrogens is 378 g/mol. The van der Waals surface area contributed by atoms with Gasteiger partial charge in [0, 0.05) is 11.1 Å². The molecule has 2 N–H and O–H groups in total. The summed E-state index contributed by atoms with van der Waals surface area (Å²) in [4.78, 5) is 24.5. The number of carbonyl (C=O) groups is 2. The molecule has 0 fully saturated rings. The van der Waals surface area contributed by atoms with E-state index in [1.807, 2.05) is 54.6 Å². The highest BCUT2D eigenvalue weighted by Crippen LogP contribution is 2.23. The maximum Gasteiger partial charge on any atom is 0.326 e. The van der Waals surface area contributed by atoms with Crippen LogP contribution in [0, 0.1) is 17.8 Å². The summed E-state index contributed by atoms with van der Waals surface area (Å²) in [6, 6.07) is 17.5. The molecular formula is C25H23NO4. The Hall–Kier alpha value is -3.78. The Labute approximate surface area is 175 Å². The minimum atomic E-state index is -1.06. The number of aliphatic carboxylic acids is 1. The highest BCUT2D eigenvalue weighted by atomic mass is 16.5. The van der Waals surface area contributed by atoms with Gasteiger partial charge < -0.3 is 15.2 Å². The van der Waals surface area contributed by atoms with Crippen LogP contribution in [0.4, 0.5) is 0 Å². The second kappa shape index (κ2) is 9.15. The topological polar surface area (TPSA) is 75.6 Å². The number of carboxylic acids is 1. The summed E-state index contributed by atoms with van der Waals surface area (Å²) in [5.74, 6) is 5.18. The van der Waals surface area contributed by atoms with Crippen LogP contribution in [0.2, 0.25) is 0 Å². The monoisotopic (exact) mass is 401 g/mol. The van der Waals surface area contributed by atoms with E-state index in [1.165, 1.54) is 0 Å². The van der Waals surface area contributed by atoms with Crippen LogP contribution in [-0.4, -0.2) is 30.1 Å². The van der Waals surface area contributed by atoms with Crippen molar-refractivity contribution in [1.29, 1.82) is 0 Å². The summed E-state index contributed by atoms with van der Waals surface area (Å²) in [6.45, 7) is 3.51. The Kier molecular flexibility index (Phi) is 6.38. The molecule has 0 aliphatic carbocycles. The normalized spacial score (nSPS) is 11.5. The SMILES string of the molecule is COc1ccc(C#Cc2c(C(=O)N[C@H](C(=O)O)C(C)C)ccc3ccccc23)cc1. The number of carboxylic acid groups (broad SMARTS) is 1. The minimum absolute atomic E-state index is 0.249. The lowest BCUT2D eigenvalue weighted by Gasteiger charge is -2.18. The van der Waals surface area contributed by atoms with E-state index in [1.54, 1.807) is 27.0 Å². The minimum Gasteiger partial charge on any atom is -0.497 e. The average Bonchev–Trinajstić information content (AvgIpc) is 2.75. The smallest absolute Gasteiger partial charge is 0.326 e. The van der Waals surface area contributed by atoms with Gasteiger partial charge in [-0.3, -0.25) is 4.79 Å². The third-order valence-electron chi connectivity index (χ3n) is 4.81. The maximum absolute atomic E-state index is 13.0. The van der Waals surface area contributed by atoms with Crippen molar-refractivity contribution in [3.05, 3.63) is 77.4 Å². The van der Waals surface area contributed by atoms with Gasteiger partial charge in [-0.2, -0.15) is 0 Å². The number of carbonyl (C=O) groups excluding carboxylic acids is 1. The van der Waals surface area contributed by atoms with Gasteiger partial charge in [-0.15, -0.1) is 0 Å². The first-order chi connectivity index (χ1) is 14.4. The van der Waals surface area contributed by atoms with Gasteiger partial charge in [0.1, 0.15) is 11.8 Å². The molecule has 3 aromatic rings. The number of fused-ring (bicyclic) bond motifs is 1. The average molecular weight is 401 g/mol. The summed E-state index contributed by atoms with van der Waals surface area (Å²) in [5.41, 5.74) is 1.69. The van der Waals surface area contributed by atoms with Crippen LogP contribution in [0.1, 0.15) is 35.3 Å². The molecule has 3 rings (SSSR count). The zero-order chi connectivity index (χ0) is 21.7. The molecule has 0 unspecified atom stereocenters. The van der Waals surface area contributed by atoms with Gasteiger partial charge in [-0.1, -0.05) is 56.0 Å². The molecule has 0 aliphatic rings. The van der Waals surface area contributed by atoms with E-state index >= 15 is 0 Å². The molecule has 0 heterocycles. The van der Waals surface area contributed by atoms with Gasteiger partial charge in [-0.05, 0) is 47.0 Å². The van der Waals surface area contributed by atoms with Crippen LogP contribution in [0.15, 0.2) is 60.7 Å². The van der Waals surface area contributed by atoms with Gasteiger partial charge in [0.2, 0.25) is 0 Å². The molecule has 0 saturated carbocycles. The van der Waals surface area contributed by atoms with Crippen molar-refractivity contribution in [2.24, 2.45) is 5.92 Å². The summed E-state index contributed by atoms with van der Waals surface area (Å²) in [6.07, 6.45) is 0. The lowest BCUT2D eigenvalue weighted by molar-refractivity contribution is -0.140. The predicted octanol–water partition coefficient (Wildman–Crippen LogP) is 4.09. The summed E-state index contributed by atoms with van der Waals surface area (Å²) in [5, 5.41) is 13.8. The van der Waals surface area contributed by atoms with Crippen LogP contribution in [0.3, 0.4) is 0 Å². The van der Waals surface area contributed by atoms with Crippen molar-refractivity contribution in [2.75, 3.05) is 7.11 Å². The first-order valence-electron chi connectivity index (χ1n) is 9.62. The second-order valence-corrected chi connectivity index (χ2v) is 7.22. The number of methoxy groups -OCH3 is 1. The van der Waals surface area contributed by atoms with E-state index in [-0.39, 0.29) is 5.92 Å². The molecule has 0 aromatic heterocycles. The van der Waals surface area contributed by atoms with Crippen LogP contribution in [-0.2, 0) is 4.79 Å². The fourth-order valence-electron chi connectivity index (χ4n) is 3.14. The summed E-state index contributed by atoms with van der Waals surface area (Å²) < 4.78 is 5.17. The molecule has 152 valence electrons. The fourth-order valence-corrected chi connectivity index (χ4v) is 3.14. The van der Waals surface area contributed by atoms with Crippen molar-refractivity contribution in [3.63, 3.8) is 0 Å². The molecule has 0 bridgehead atoms. The van der Waals surface area contributed by atoms with Gasteiger partial charge in [0.05, 0.1) is 12.7 Å². The largest absolute Gasteiger partial charge is 0.497 e. The Morgan fingerprint density at radius 2 is 1.67 bits per heavy atom. The lowest BCUT2D eigenvalue weighted by atomic mass is 9.97. The van der Waals surface area contributed by atoms with Gasteiger partial charge in [-0.25, -0.2) is 4.79 Å². The Morgan fingerprint density at radius 3 is 2.30 bits per heavy atom. The van der Waals surface area contributed by atoms with E-state index in [2.05, 4.69) is 17.2 Å². The number of amides is 1. The molecule has 5 nitrogen and oxygen atoms in total. The summed E-state index contributed by atoms with van der Waals surface area (Å²) in [7, 11) is 1.60. The summed E-state index contributed by atoms with van der Waals surface area (Å²) >= 11 is 0. The number of benzene rings is 3. The molecule has 3 aromatic carbocycles. The van der Waals surface area contributed by atoms with E-state index in [4.69, 9.17) is 4.74 Å². The Balaban J connectivity index is 2.06. The lowest BCUT2D eigenvalue weighted by Crippen LogP contribution is -2.44. The van der Waals surface area contributed by atoms with Crippen molar-refractivity contribution in [3.8, 4) is 17.6 Å². The first-order valence-corrected chi connectivity index (χ1v) is 9.62. The molecule has 0 saturated heterocycles. The highest BCUT2D eigenvalue weighted by molar-refractivity contribution is 6.04. The molecule has 0 aliphatic heterocycles. The predicted molar refractivity (Wildman–Crippen MR) is 117 cm³/mol. The molecule has 1 amide bonds. The van der Waals surface area contributed by atoms with Crippen LogP contribution >= 0.6 is 0 Å². The standard InChI is InChI=1S/C25H23NO4/c1-16(2)23(25(28)29)26-24(27)22-15-11-18-6-4-5-7-20(18)21(22)14-10-17-8-12-19(30-3)13-9-17/h4-9,11-13,15-16,23H,1-3H3,(H,26,27)(H,28,29)/t23-/m0/s1. The number of hydrogen-bond acceptors (Lipinski definition) is 3. The van der Waals surface area contributed by atoms with E-state index in [0.29, 0.717) is 11.1 Å². The van der Waals surface area contributed by atoms with E-state index < -0.39 is 17.9 Å². The molecule has 0 spiro atoms. The fraction of sp³-hybridized carbons (Fsp3) is 0.200. The third-order valence-corrected chi connectivity index (χ3v) is 4.81. The zero-order valence-electron chi connectivity index (χ0n) is 17.1. The third kappa shape index (κ3) is 4.61. The molecule has 30 heavy (non-hydrogen) atoms. The molecule has 0 radical (unpaired) electrons. The zero-order valence-corrected chi connectivity index (χ0v) is 17.1. The van der Waals surface area contributed by atoms with Crippen molar-refractivity contribution < 1.29 is 19.4 Å². The van der Waals surface area contributed by atoms with Gasteiger partial charge in [0.25, 0.3) is 5.91 Å². The number of hydrogen-bond donors (Lipinski definition) is 2. The van der Waals surface area contributed by atoms with Gasteiger partial charge >= 0.3 is 5.97 Å². The first kappa shape index (κ1) is 20.9.